The lowest BCUT2D eigenvalue weighted by molar-refractivity contribution is -0.168. The van der Waals surface area contributed by atoms with Gasteiger partial charge in [0.1, 0.15) is 0 Å². The van der Waals surface area contributed by atoms with E-state index in [4.69, 9.17) is 14.2 Å². The second-order valence-corrected chi connectivity index (χ2v) is 7.71. The average molecular weight is 264 g/mol. The van der Waals surface area contributed by atoms with Gasteiger partial charge in [-0.25, -0.2) is 0 Å². The Morgan fingerprint density at radius 3 is 2.79 bits per heavy atom. The molecule has 3 nitrogen and oxygen atoms in total. The minimum Gasteiger partial charge on any atom is -0.380 e. The molecule has 0 radical (unpaired) electrons. The minimum absolute atomic E-state index is 0.343. The molecule has 7 atom stereocenters. The highest BCUT2D eigenvalue weighted by Gasteiger charge is 2.66. The van der Waals surface area contributed by atoms with Crippen LogP contribution in [-0.2, 0) is 14.2 Å². The van der Waals surface area contributed by atoms with E-state index in [0.29, 0.717) is 23.7 Å². The molecule has 0 aromatic carbocycles. The molecule has 5 fully saturated rings. The summed E-state index contributed by atoms with van der Waals surface area (Å²) in [4.78, 5) is 0. The average Bonchev–Trinajstić information content (AvgIpc) is 2.74. The van der Waals surface area contributed by atoms with E-state index in [-0.39, 0.29) is 0 Å². The molecule has 106 valence electrons. The number of rotatable bonds is 4. The van der Waals surface area contributed by atoms with Crippen LogP contribution in [0.4, 0.5) is 0 Å². The van der Waals surface area contributed by atoms with Crippen LogP contribution in [0.5, 0.6) is 0 Å². The molecule has 2 saturated heterocycles. The lowest BCUT2D eigenvalue weighted by Crippen LogP contribution is -2.47. The zero-order valence-corrected chi connectivity index (χ0v) is 11.7. The molecule has 19 heavy (non-hydrogen) atoms. The van der Waals surface area contributed by atoms with E-state index in [1.54, 1.807) is 0 Å². The van der Waals surface area contributed by atoms with E-state index in [0.717, 1.165) is 43.5 Å². The van der Waals surface area contributed by atoms with Gasteiger partial charge in [-0.15, -0.1) is 0 Å². The molecule has 3 aliphatic carbocycles. The van der Waals surface area contributed by atoms with Crippen molar-refractivity contribution < 1.29 is 14.2 Å². The second-order valence-electron chi connectivity index (χ2n) is 7.71. The number of ether oxygens (including phenoxy) is 3. The first-order chi connectivity index (χ1) is 9.30. The molecular formula is C16H24O3. The van der Waals surface area contributed by atoms with Gasteiger partial charge in [-0.05, 0) is 49.4 Å². The predicted molar refractivity (Wildman–Crippen MR) is 69.8 cm³/mol. The van der Waals surface area contributed by atoms with Gasteiger partial charge in [0, 0.05) is 5.41 Å². The molecule has 2 heterocycles. The monoisotopic (exact) mass is 264 g/mol. The first-order valence-corrected chi connectivity index (χ1v) is 8.14. The van der Waals surface area contributed by atoms with E-state index < -0.39 is 0 Å². The van der Waals surface area contributed by atoms with Crippen molar-refractivity contribution in [2.75, 3.05) is 19.8 Å². The summed E-state index contributed by atoms with van der Waals surface area (Å²) < 4.78 is 17.6. The minimum atomic E-state index is 0.343. The Morgan fingerprint density at radius 1 is 1.16 bits per heavy atom. The number of fused-ring (bicyclic) bond motifs is 7. The fraction of sp³-hybridized carbons (Fsp3) is 1.00. The number of epoxide rings is 1. The van der Waals surface area contributed by atoms with Crippen LogP contribution < -0.4 is 0 Å². The Bertz CT molecular complexity index is 386. The van der Waals surface area contributed by atoms with Gasteiger partial charge in [-0.1, -0.05) is 6.92 Å². The van der Waals surface area contributed by atoms with Crippen molar-refractivity contribution in [2.24, 2.45) is 29.1 Å². The summed E-state index contributed by atoms with van der Waals surface area (Å²) in [6.07, 6.45) is 7.08. The Labute approximate surface area is 115 Å². The predicted octanol–water partition coefficient (Wildman–Crippen LogP) is 2.24. The summed E-state index contributed by atoms with van der Waals surface area (Å²) in [5.74, 6) is 3.60. The topological polar surface area (TPSA) is 31.0 Å². The molecule has 2 bridgehead atoms. The first-order valence-electron chi connectivity index (χ1n) is 8.14. The van der Waals surface area contributed by atoms with Crippen LogP contribution in [0.1, 0.15) is 32.6 Å². The third-order valence-electron chi connectivity index (χ3n) is 6.86. The molecule has 5 rings (SSSR count). The van der Waals surface area contributed by atoms with Gasteiger partial charge in [0.2, 0.25) is 0 Å². The molecule has 3 saturated carbocycles. The van der Waals surface area contributed by atoms with Gasteiger partial charge in [0.25, 0.3) is 0 Å². The molecule has 0 aromatic rings. The number of hydrogen-bond acceptors (Lipinski definition) is 3. The fourth-order valence-corrected chi connectivity index (χ4v) is 5.50. The van der Waals surface area contributed by atoms with Crippen LogP contribution in [0.3, 0.4) is 0 Å². The van der Waals surface area contributed by atoms with Crippen molar-refractivity contribution in [3.63, 3.8) is 0 Å². The zero-order chi connectivity index (χ0) is 12.6. The highest BCUT2D eigenvalue weighted by Crippen LogP contribution is 2.64. The highest BCUT2D eigenvalue weighted by atomic mass is 16.6. The molecular weight excluding hydrogens is 240 g/mol. The quantitative estimate of drug-likeness (QED) is 0.730. The van der Waals surface area contributed by atoms with E-state index in [9.17, 15) is 0 Å². The SMILES string of the molecule is CCC1(COC2CC3CC2C2C3CC3OC32)COC1. The fourth-order valence-electron chi connectivity index (χ4n) is 5.50. The van der Waals surface area contributed by atoms with Gasteiger partial charge in [-0.3, -0.25) is 0 Å². The third kappa shape index (κ3) is 1.50. The Kier molecular flexibility index (Phi) is 2.27. The summed E-state index contributed by atoms with van der Waals surface area (Å²) in [5, 5.41) is 0. The zero-order valence-electron chi connectivity index (χ0n) is 11.7. The Hall–Kier alpha value is -0.120. The van der Waals surface area contributed by atoms with Crippen molar-refractivity contribution in [2.45, 2.75) is 50.9 Å². The van der Waals surface area contributed by atoms with Gasteiger partial charge < -0.3 is 14.2 Å². The maximum atomic E-state index is 6.37. The molecule has 0 amide bonds. The normalized spacial score (nSPS) is 55.7. The smallest absolute Gasteiger partial charge is 0.0876 e. The van der Waals surface area contributed by atoms with Crippen molar-refractivity contribution >= 4 is 0 Å². The van der Waals surface area contributed by atoms with Crippen LogP contribution in [0.2, 0.25) is 0 Å². The van der Waals surface area contributed by atoms with Crippen molar-refractivity contribution in [1.29, 1.82) is 0 Å². The molecule has 0 N–H and O–H groups in total. The van der Waals surface area contributed by atoms with Crippen molar-refractivity contribution in [1.82, 2.24) is 0 Å². The molecule has 5 aliphatic rings. The first kappa shape index (κ1) is 11.5. The Balaban J connectivity index is 1.26. The van der Waals surface area contributed by atoms with Crippen LogP contribution in [0, 0.1) is 29.1 Å². The van der Waals surface area contributed by atoms with Crippen LogP contribution in [0.15, 0.2) is 0 Å². The highest BCUT2D eigenvalue weighted by molar-refractivity contribution is 5.14. The van der Waals surface area contributed by atoms with Gasteiger partial charge in [-0.2, -0.15) is 0 Å². The van der Waals surface area contributed by atoms with E-state index in [2.05, 4.69) is 6.92 Å². The van der Waals surface area contributed by atoms with Crippen molar-refractivity contribution in [3.8, 4) is 0 Å². The summed E-state index contributed by atoms with van der Waals surface area (Å²) >= 11 is 0. The molecule has 0 spiro atoms. The second kappa shape index (κ2) is 3.75. The van der Waals surface area contributed by atoms with Crippen LogP contribution in [0.25, 0.3) is 0 Å². The van der Waals surface area contributed by atoms with Crippen molar-refractivity contribution in [3.05, 3.63) is 0 Å². The molecule has 3 heteroatoms. The summed E-state index contributed by atoms with van der Waals surface area (Å²) in [6, 6.07) is 0. The van der Waals surface area contributed by atoms with Gasteiger partial charge in [0.15, 0.2) is 0 Å². The summed E-state index contributed by atoms with van der Waals surface area (Å²) in [5.41, 5.74) is 0.343. The van der Waals surface area contributed by atoms with E-state index in [1.165, 1.54) is 25.7 Å². The standard InChI is InChI=1S/C16H24O3/c1-2-16(6-17-7-16)8-18-12-4-9-3-11(12)14-10(9)5-13-15(14)19-13/h9-15H,2-8H2,1H3. The summed E-state index contributed by atoms with van der Waals surface area (Å²) in [6.45, 7) is 5.00. The summed E-state index contributed by atoms with van der Waals surface area (Å²) in [7, 11) is 0. The van der Waals surface area contributed by atoms with Gasteiger partial charge in [0.05, 0.1) is 38.1 Å². The van der Waals surface area contributed by atoms with E-state index in [1.807, 2.05) is 0 Å². The molecule has 0 aromatic heterocycles. The number of hydrogen-bond donors (Lipinski definition) is 0. The molecule has 7 unspecified atom stereocenters. The van der Waals surface area contributed by atoms with Gasteiger partial charge >= 0.3 is 0 Å². The van der Waals surface area contributed by atoms with E-state index >= 15 is 0 Å². The van der Waals surface area contributed by atoms with Crippen LogP contribution >= 0.6 is 0 Å². The largest absolute Gasteiger partial charge is 0.380 e. The Morgan fingerprint density at radius 2 is 2.05 bits per heavy atom. The third-order valence-corrected chi connectivity index (χ3v) is 6.86. The lowest BCUT2D eigenvalue weighted by Gasteiger charge is -2.42. The maximum absolute atomic E-state index is 6.37. The molecule has 2 aliphatic heterocycles. The van der Waals surface area contributed by atoms with Crippen LogP contribution in [-0.4, -0.2) is 38.1 Å². The maximum Gasteiger partial charge on any atom is 0.0876 e. The lowest BCUT2D eigenvalue weighted by atomic mass is 9.79.